The van der Waals surface area contributed by atoms with Crippen LogP contribution < -0.4 is 10.1 Å². The Morgan fingerprint density at radius 2 is 1.93 bits per heavy atom. The van der Waals surface area contributed by atoms with Crippen LogP contribution in [0.2, 0.25) is 0 Å². The van der Waals surface area contributed by atoms with Gasteiger partial charge in [0.1, 0.15) is 12.4 Å². The van der Waals surface area contributed by atoms with E-state index in [2.05, 4.69) is 5.32 Å². The molecule has 162 valence electrons. The number of dihydropyridines is 1. The van der Waals surface area contributed by atoms with Crippen molar-refractivity contribution in [3.8, 4) is 5.75 Å². The van der Waals surface area contributed by atoms with Crippen LogP contribution >= 0.6 is 0 Å². The smallest absolute Gasteiger partial charge is 0.336 e. The van der Waals surface area contributed by atoms with Crippen molar-refractivity contribution in [3.05, 3.63) is 52.4 Å². The molecule has 1 aromatic carbocycles. The second-order valence-electron chi connectivity index (χ2n) is 7.48. The third kappa shape index (κ3) is 4.75. The van der Waals surface area contributed by atoms with Gasteiger partial charge in [-0.15, -0.1) is 0 Å². The lowest BCUT2D eigenvalue weighted by Crippen LogP contribution is -2.34. The summed E-state index contributed by atoms with van der Waals surface area (Å²) < 4.78 is 16.8. The zero-order valence-electron chi connectivity index (χ0n) is 18.1. The zero-order valence-corrected chi connectivity index (χ0v) is 18.1. The van der Waals surface area contributed by atoms with E-state index < -0.39 is 11.9 Å². The van der Waals surface area contributed by atoms with Crippen LogP contribution in [0.15, 0.2) is 46.8 Å². The Hall–Kier alpha value is -2.60. The van der Waals surface area contributed by atoms with Crippen molar-refractivity contribution in [2.45, 2.75) is 52.4 Å². The molecule has 6 nitrogen and oxygen atoms in total. The molecule has 0 spiro atoms. The summed E-state index contributed by atoms with van der Waals surface area (Å²) in [5.41, 5.74) is 3.58. The number of ether oxygens (including phenoxy) is 3. The van der Waals surface area contributed by atoms with Gasteiger partial charge < -0.3 is 19.5 Å². The fraction of sp³-hybridized carbons (Fsp3) is 0.500. The average molecular weight is 414 g/mol. The molecule has 1 aliphatic carbocycles. The number of Topliss-reactive ketones (excluding diaryl/α,β-unsaturated/α-hetero) is 1. The van der Waals surface area contributed by atoms with E-state index in [-0.39, 0.29) is 12.4 Å². The standard InChI is InChI=1S/C24H31NO5/c1-4-13-29-20-12-7-6-9-17(20)22-21(24(27)30-15-14-28-5-2)16(3)25-18-10-8-11-19(26)23(18)22/h6-7,9,12,22,25H,4-5,8,10-11,13-15H2,1-3H3/t22-/m1/s1. The number of hydrogen-bond donors (Lipinski definition) is 1. The Morgan fingerprint density at radius 3 is 2.70 bits per heavy atom. The first kappa shape index (κ1) is 22.1. The normalized spacial score (nSPS) is 18.8. The maximum absolute atomic E-state index is 13.1. The van der Waals surface area contributed by atoms with E-state index in [1.165, 1.54) is 0 Å². The molecule has 0 aromatic heterocycles. The number of rotatable bonds is 9. The highest BCUT2D eigenvalue weighted by Crippen LogP contribution is 2.45. The monoisotopic (exact) mass is 413 g/mol. The second-order valence-corrected chi connectivity index (χ2v) is 7.48. The van der Waals surface area contributed by atoms with E-state index >= 15 is 0 Å². The summed E-state index contributed by atoms with van der Waals surface area (Å²) in [7, 11) is 0. The molecule has 0 amide bonds. The summed E-state index contributed by atoms with van der Waals surface area (Å²) in [5, 5.41) is 3.31. The lowest BCUT2D eigenvalue weighted by molar-refractivity contribution is -0.140. The van der Waals surface area contributed by atoms with Crippen LogP contribution in [0.1, 0.15) is 57.9 Å². The van der Waals surface area contributed by atoms with E-state index in [4.69, 9.17) is 14.2 Å². The highest BCUT2D eigenvalue weighted by Gasteiger charge is 2.40. The van der Waals surface area contributed by atoms with Crippen molar-refractivity contribution in [3.63, 3.8) is 0 Å². The van der Waals surface area contributed by atoms with Crippen LogP contribution in [0.5, 0.6) is 5.75 Å². The quantitative estimate of drug-likeness (QED) is 0.487. The van der Waals surface area contributed by atoms with Crippen molar-refractivity contribution >= 4 is 11.8 Å². The summed E-state index contributed by atoms with van der Waals surface area (Å²) >= 11 is 0. The van der Waals surface area contributed by atoms with Crippen molar-refractivity contribution in [1.29, 1.82) is 0 Å². The summed E-state index contributed by atoms with van der Waals surface area (Å²) in [6.07, 6.45) is 2.96. The largest absolute Gasteiger partial charge is 0.493 e. The van der Waals surface area contributed by atoms with Crippen LogP contribution in [-0.2, 0) is 19.1 Å². The highest BCUT2D eigenvalue weighted by atomic mass is 16.6. The third-order valence-corrected chi connectivity index (χ3v) is 5.35. The molecule has 0 radical (unpaired) electrons. The van der Waals surface area contributed by atoms with Gasteiger partial charge in [-0.2, -0.15) is 0 Å². The van der Waals surface area contributed by atoms with Gasteiger partial charge in [-0.3, -0.25) is 4.79 Å². The minimum Gasteiger partial charge on any atom is -0.493 e. The van der Waals surface area contributed by atoms with E-state index in [9.17, 15) is 9.59 Å². The van der Waals surface area contributed by atoms with Gasteiger partial charge in [-0.1, -0.05) is 25.1 Å². The molecule has 0 fully saturated rings. The van der Waals surface area contributed by atoms with E-state index in [0.717, 1.165) is 36.2 Å². The van der Waals surface area contributed by atoms with Crippen LogP contribution in [0, 0.1) is 0 Å². The zero-order chi connectivity index (χ0) is 21.5. The first-order valence-corrected chi connectivity index (χ1v) is 10.8. The maximum Gasteiger partial charge on any atom is 0.336 e. The molecular weight excluding hydrogens is 382 g/mol. The Bertz CT molecular complexity index is 855. The van der Waals surface area contributed by atoms with Crippen molar-refractivity contribution in [2.24, 2.45) is 0 Å². The molecule has 3 rings (SSSR count). The molecule has 6 heteroatoms. The molecule has 0 saturated heterocycles. The number of carbonyl (C=O) groups is 2. The van der Waals surface area contributed by atoms with Gasteiger partial charge in [-0.25, -0.2) is 4.79 Å². The third-order valence-electron chi connectivity index (χ3n) is 5.35. The van der Waals surface area contributed by atoms with E-state index in [1.54, 1.807) is 0 Å². The van der Waals surface area contributed by atoms with Crippen LogP contribution in [0.3, 0.4) is 0 Å². The maximum atomic E-state index is 13.1. The minimum atomic E-state index is -0.498. The van der Waals surface area contributed by atoms with Crippen molar-refractivity contribution < 1.29 is 23.8 Å². The van der Waals surface area contributed by atoms with Gasteiger partial charge >= 0.3 is 5.97 Å². The number of para-hydroxylation sites is 1. The first-order valence-electron chi connectivity index (χ1n) is 10.8. The van der Waals surface area contributed by atoms with E-state index in [0.29, 0.717) is 43.1 Å². The molecular formula is C24H31NO5. The Morgan fingerprint density at radius 1 is 1.13 bits per heavy atom. The summed E-state index contributed by atoms with van der Waals surface area (Å²) in [6, 6.07) is 7.66. The molecule has 0 bridgehead atoms. The molecule has 1 heterocycles. The predicted molar refractivity (Wildman–Crippen MR) is 114 cm³/mol. The number of hydrogen-bond acceptors (Lipinski definition) is 6. The molecule has 1 aromatic rings. The van der Waals surface area contributed by atoms with Gasteiger partial charge in [-0.05, 0) is 39.2 Å². The number of nitrogens with one attached hydrogen (secondary N) is 1. The Labute approximate surface area is 178 Å². The summed E-state index contributed by atoms with van der Waals surface area (Å²) in [4.78, 5) is 26.1. The van der Waals surface area contributed by atoms with Crippen LogP contribution in [0.4, 0.5) is 0 Å². The number of carbonyl (C=O) groups excluding carboxylic acids is 2. The minimum absolute atomic E-state index is 0.0751. The molecule has 1 N–H and O–H groups in total. The molecule has 1 atom stereocenters. The highest BCUT2D eigenvalue weighted by molar-refractivity contribution is 6.04. The van der Waals surface area contributed by atoms with Crippen molar-refractivity contribution in [1.82, 2.24) is 5.32 Å². The molecule has 1 aliphatic heterocycles. The lowest BCUT2D eigenvalue weighted by Gasteiger charge is -2.34. The topological polar surface area (TPSA) is 73.9 Å². The van der Waals surface area contributed by atoms with Gasteiger partial charge in [0.25, 0.3) is 0 Å². The van der Waals surface area contributed by atoms with Gasteiger partial charge in [0.05, 0.1) is 24.7 Å². The summed E-state index contributed by atoms with van der Waals surface area (Å²) in [6.45, 7) is 7.45. The fourth-order valence-electron chi connectivity index (χ4n) is 4.04. The van der Waals surface area contributed by atoms with Crippen molar-refractivity contribution in [2.75, 3.05) is 26.4 Å². The summed E-state index contributed by atoms with van der Waals surface area (Å²) in [5.74, 6) is -0.156. The van der Waals surface area contributed by atoms with Crippen LogP contribution in [-0.4, -0.2) is 38.2 Å². The Balaban J connectivity index is 2.03. The number of ketones is 1. The van der Waals surface area contributed by atoms with Crippen LogP contribution in [0.25, 0.3) is 0 Å². The van der Waals surface area contributed by atoms with E-state index in [1.807, 2.05) is 45.0 Å². The fourth-order valence-corrected chi connectivity index (χ4v) is 4.04. The number of benzene rings is 1. The molecule has 0 unspecified atom stereocenters. The lowest BCUT2D eigenvalue weighted by atomic mass is 9.75. The second kappa shape index (κ2) is 10.4. The molecule has 2 aliphatic rings. The SMILES string of the molecule is CCCOc1ccccc1[C@@H]1C(C(=O)OCCOCC)=C(C)NC2=C1C(=O)CCC2. The first-order chi connectivity index (χ1) is 14.6. The van der Waals surface area contributed by atoms with Gasteiger partial charge in [0.2, 0.25) is 0 Å². The Kier molecular flexibility index (Phi) is 7.69. The van der Waals surface area contributed by atoms with Gasteiger partial charge in [0, 0.05) is 35.6 Å². The number of allylic oxidation sites excluding steroid dienone is 3. The molecule has 30 heavy (non-hydrogen) atoms. The van der Waals surface area contributed by atoms with Gasteiger partial charge in [0.15, 0.2) is 5.78 Å². The number of esters is 1. The molecule has 0 saturated carbocycles. The average Bonchev–Trinajstić information content (AvgIpc) is 2.74. The predicted octanol–water partition coefficient (Wildman–Crippen LogP) is 4.02.